The zero-order chi connectivity index (χ0) is 20.9. The van der Waals surface area contributed by atoms with Gasteiger partial charge in [-0.3, -0.25) is 14.9 Å². The van der Waals surface area contributed by atoms with Gasteiger partial charge >= 0.3 is 0 Å². The highest BCUT2D eigenvalue weighted by Crippen LogP contribution is 2.22. The lowest BCUT2D eigenvalue weighted by Gasteiger charge is -2.10. The Bertz CT molecular complexity index is 1210. The van der Waals surface area contributed by atoms with E-state index in [1.807, 2.05) is 53.3 Å². The number of anilines is 1. The van der Waals surface area contributed by atoms with Crippen molar-refractivity contribution in [3.63, 3.8) is 0 Å². The molecule has 8 heteroatoms. The molecule has 154 valence electrons. The molecule has 4 aromatic rings. The predicted octanol–water partition coefficient (Wildman–Crippen LogP) is 4.13. The van der Waals surface area contributed by atoms with E-state index in [4.69, 9.17) is 4.74 Å². The molecule has 1 aromatic carbocycles. The largest absolute Gasteiger partial charge is 0.382 e. The number of aryl methyl sites for hydroxylation is 1. The van der Waals surface area contributed by atoms with Crippen LogP contribution in [-0.4, -0.2) is 33.7 Å². The van der Waals surface area contributed by atoms with E-state index in [1.165, 1.54) is 11.3 Å². The molecule has 0 aliphatic carbocycles. The molecule has 0 unspecified atom stereocenters. The minimum absolute atomic E-state index is 0.0447. The van der Waals surface area contributed by atoms with E-state index < -0.39 is 11.5 Å². The Kier molecular flexibility index (Phi) is 6.06. The van der Waals surface area contributed by atoms with Crippen molar-refractivity contribution in [3.05, 3.63) is 69.8 Å². The molecule has 0 aliphatic rings. The average Bonchev–Trinajstić information content (AvgIpc) is 3.39. The lowest BCUT2D eigenvalue weighted by atomic mass is 10.2. The number of hydrogen-bond donors (Lipinski definition) is 2. The Labute approximate surface area is 177 Å². The molecule has 3 heterocycles. The summed E-state index contributed by atoms with van der Waals surface area (Å²) in [4.78, 5) is 33.6. The Balaban J connectivity index is 1.59. The highest BCUT2D eigenvalue weighted by Gasteiger charge is 2.17. The van der Waals surface area contributed by atoms with Crippen molar-refractivity contribution in [1.29, 1.82) is 0 Å². The molecule has 0 spiro atoms. The third kappa shape index (κ3) is 4.19. The van der Waals surface area contributed by atoms with Crippen LogP contribution in [0.5, 0.6) is 0 Å². The smallest absolute Gasteiger partial charge is 0.263 e. The molecule has 0 radical (unpaired) electrons. The maximum atomic E-state index is 12.8. The summed E-state index contributed by atoms with van der Waals surface area (Å²) in [6.07, 6.45) is 0.785. The van der Waals surface area contributed by atoms with E-state index in [1.54, 1.807) is 12.1 Å². The summed E-state index contributed by atoms with van der Waals surface area (Å²) < 4.78 is 7.37. The summed E-state index contributed by atoms with van der Waals surface area (Å²) in [5, 5.41) is 4.74. The number of pyridine rings is 1. The molecule has 0 fully saturated rings. The molecule has 0 bridgehead atoms. The van der Waals surface area contributed by atoms with Crippen molar-refractivity contribution in [1.82, 2.24) is 14.5 Å². The summed E-state index contributed by atoms with van der Waals surface area (Å²) in [5.41, 5.74) is 2.01. The number of aromatic nitrogens is 3. The highest BCUT2D eigenvalue weighted by atomic mass is 32.1. The summed E-state index contributed by atoms with van der Waals surface area (Å²) in [5.74, 6) is -0.0743. The third-order valence-corrected chi connectivity index (χ3v) is 5.60. The number of H-pyrrole nitrogens is 1. The van der Waals surface area contributed by atoms with Crippen molar-refractivity contribution < 1.29 is 9.53 Å². The first kappa shape index (κ1) is 20.1. The van der Waals surface area contributed by atoms with E-state index in [0.717, 1.165) is 22.3 Å². The van der Waals surface area contributed by atoms with E-state index in [0.29, 0.717) is 31.4 Å². The summed E-state index contributed by atoms with van der Waals surface area (Å²) >= 11 is 1.52. The minimum Gasteiger partial charge on any atom is -0.382 e. The van der Waals surface area contributed by atoms with Crippen LogP contribution < -0.4 is 10.9 Å². The number of hydrogen-bond acceptors (Lipinski definition) is 5. The number of imidazole rings is 1. The Morgan fingerprint density at radius 1 is 1.20 bits per heavy atom. The predicted molar refractivity (Wildman–Crippen MR) is 119 cm³/mol. The molecule has 0 atom stereocenters. The Morgan fingerprint density at radius 2 is 2.07 bits per heavy atom. The number of amides is 1. The summed E-state index contributed by atoms with van der Waals surface area (Å²) in [6.45, 7) is 3.89. The third-order valence-electron chi connectivity index (χ3n) is 4.70. The lowest BCUT2D eigenvalue weighted by Crippen LogP contribution is -2.24. The van der Waals surface area contributed by atoms with Crippen LogP contribution in [0.1, 0.15) is 23.7 Å². The fourth-order valence-corrected chi connectivity index (χ4v) is 3.97. The second-order valence-corrected chi connectivity index (χ2v) is 7.62. The van der Waals surface area contributed by atoms with Gasteiger partial charge in [-0.15, -0.1) is 11.3 Å². The number of rotatable bonds is 8. The zero-order valence-corrected chi connectivity index (χ0v) is 17.4. The van der Waals surface area contributed by atoms with Gasteiger partial charge in [0.15, 0.2) is 0 Å². The van der Waals surface area contributed by atoms with Gasteiger partial charge < -0.3 is 14.3 Å². The second-order valence-electron chi connectivity index (χ2n) is 6.67. The van der Waals surface area contributed by atoms with Crippen LogP contribution in [0.25, 0.3) is 21.6 Å². The van der Waals surface area contributed by atoms with Crippen LogP contribution >= 0.6 is 11.3 Å². The Hall–Kier alpha value is -3.23. The molecule has 2 N–H and O–H groups in total. The van der Waals surface area contributed by atoms with Gasteiger partial charge in [0, 0.05) is 19.8 Å². The van der Waals surface area contributed by atoms with Crippen molar-refractivity contribution in [2.45, 2.75) is 19.9 Å². The van der Waals surface area contributed by atoms with Crippen molar-refractivity contribution >= 4 is 34.2 Å². The van der Waals surface area contributed by atoms with E-state index in [2.05, 4.69) is 15.3 Å². The zero-order valence-electron chi connectivity index (χ0n) is 16.6. The molecule has 0 saturated carbocycles. The quantitative estimate of drug-likeness (QED) is 0.418. The summed E-state index contributed by atoms with van der Waals surface area (Å²) in [7, 11) is 0. The summed E-state index contributed by atoms with van der Waals surface area (Å²) in [6, 6.07) is 14.8. The van der Waals surface area contributed by atoms with Gasteiger partial charge in [-0.1, -0.05) is 18.2 Å². The fourth-order valence-electron chi connectivity index (χ4n) is 3.26. The molecule has 4 rings (SSSR count). The van der Waals surface area contributed by atoms with Crippen LogP contribution in [-0.2, 0) is 11.3 Å². The van der Waals surface area contributed by atoms with Gasteiger partial charge in [0.25, 0.3) is 11.5 Å². The minimum atomic E-state index is -0.490. The van der Waals surface area contributed by atoms with Crippen molar-refractivity contribution in [2.24, 2.45) is 0 Å². The molecular weight excluding hydrogens is 400 g/mol. The second kappa shape index (κ2) is 9.06. The van der Waals surface area contributed by atoms with Gasteiger partial charge in [-0.25, -0.2) is 4.98 Å². The van der Waals surface area contributed by atoms with Gasteiger partial charge in [-0.05, 0) is 49.1 Å². The van der Waals surface area contributed by atoms with Crippen molar-refractivity contribution in [2.75, 3.05) is 18.5 Å². The van der Waals surface area contributed by atoms with Crippen LogP contribution in [0.15, 0.2) is 58.7 Å². The standard InChI is InChI=1S/C22H22N4O3S/c1-2-29-13-6-12-26-18-8-4-3-7-16(18)24-22(26)25-21(28)15-10-11-17(23-20(15)27)19-9-5-14-30-19/h3-5,7-11,14H,2,6,12-13H2,1H3,(H,23,27)(H,24,25,28). The lowest BCUT2D eigenvalue weighted by molar-refractivity contribution is 0.102. The van der Waals surface area contributed by atoms with Gasteiger partial charge in [0.2, 0.25) is 5.95 Å². The van der Waals surface area contributed by atoms with E-state index in [9.17, 15) is 9.59 Å². The van der Waals surface area contributed by atoms with Crippen LogP contribution in [0.3, 0.4) is 0 Å². The number of carbonyl (C=O) groups is 1. The topological polar surface area (TPSA) is 89.0 Å². The fraction of sp³-hybridized carbons (Fsp3) is 0.227. The number of aromatic amines is 1. The average molecular weight is 423 g/mol. The highest BCUT2D eigenvalue weighted by molar-refractivity contribution is 7.13. The number of thiophene rings is 1. The maximum absolute atomic E-state index is 12.8. The Morgan fingerprint density at radius 3 is 2.83 bits per heavy atom. The number of ether oxygens (including phenoxy) is 1. The number of para-hydroxylation sites is 2. The normalized spacial score (nSPS) is 11.1. The molecule has 30 heavy (non-hydrogen) atoms. The number of benzene rings is 1. The first-order chi connectivity index (χ1) is 14.7. The van der Waals surface area contributed by atoms with Gasteiger partial charge in [-0.2, -0.15) is 0 Å². The first-order valence-electron chi connectivity index (χ1n) is 9.79. The van der Waals surface area contributed by atoms with Gasteiger partial charge in [0.05, 0.1) is 21.6 Å². The first-order valence-corrected chi connectivity index (χ1v) is 10.7. The molecule has 3 aromatic heterocycles. The van der Waals surface area contributed by atoms with E-state index >= 15 is 0 Å². The van der Waals surface area contributed by atoms with Crippen LogP contribution in [0, 0.1) is 0 Å². The van der Waals surface area contributed by atoms with E-state index in [-0.39, 0.29) is 5.56 Å². The van der Waals surface area contributed by atoms with Crippen LogP contribution in [0.2, 0.25) is 0 Å². The molecule has 0 saturated heterocycles. The van der Waals surface area contributed by atoms with Crippen LogP contribution in [0.4, 0.5) is 5.95 Å². The molecular formula is C22H22N4O3S. The SMILES string of the molecule is CCOCCCn1c(NC(=O)c2ccc(-c3cccs3)[nH]c2=O)nc2ccccc21. The van der Waals surface area contributed by atoms with Gasteiger partial charge in [0.1, 0.15) is 5.56 Å². The number of fused-ring (bicyclic) bond motifs is 1. The molecule has 1 amide bonds. The number of carbonyl (C=O) groups excluding carboxylic acids is 1. The number of nitrogens with zero attached hydrogens (tertiary/aromatic N) is 2. The van der Waals surface area contributed by atoms with Crippen molar-refractivity contribution in [3.8, 4) is 10.6 Å². The molecule has 7 nitrogen and oxygen atoms in total. The number of nitrogens with one attached hydrogen (secondary N) is 2. The maximum Gasteiger partial charge on any atom is 0.263 e. The monoisotopic (exact) mass is 422 g/mol. The molecule has 0 aliphatic heterocycles.